The summed E-state index contributed by atoms with van der Waals surface area (Å²) in [5.41, 5.74) is -3.84. The van der Waals surface area contributed by atoms with Gasteiger partial charge in [-0.25, -0.2) is 0 Å². The zero-order valence-electron chi connectivity index (χ0n) is 38.4. The van der Waals surface area contributed by atoms with E-state index < -0.39 is 93.0 Å². The Labute approximate surface area is 370 Å². The summed E-state index contributed by atoms with van der Waals surface area (Å²) in [4.78, 5) is 81.0. The minimum atomic E-state index is -1.36. The van der Waals surface area contributed by atoms with Gasteiger partial charge in [0.05, 0.1) is 22.2 Å². The number of fused-ring (bicyclic) bond motifs is 2. The Balaban J connectivity index is 0.926. The van der Waals surface area contributed by atoms with Gasteiger partial charge in [0.1, 0.15) is 11.5 Å². The van der Waals surface area contributed by atoms with Crippen LogP contribution in [0.4, 0.5) is 0 Å². The second-order valence-corrected chi connectivity index (χ2v) is 24.1. The van der Waals surface area contributed by atoms with Gasteiger partial charge >= 0.3 is 29.8 Å². The quantitative estimate of drug-likeness (QED) is 0.0780. The van der Waals surface area contributed by atoms with Gasteiger partial charge < -0.3 is 29.5 Å². The zero-order valence-corrected chi connectivity index (χ0v) is 38.4. The number of rotatable bonds is 11. The first kappa shape index (κ1) is 43.2. The van der Waals surface area contributed by atoms with E-state index in [0.29, 0.717) is 57.8 Å². The summed E-state index contributed by atoms with van der Waals surface area (Å²) in [7, 11) is 0. The van der Waals surface area contributed by atoms with Crippen molar-refractivity contribution in [2.75, 3.05) is 6.79 Å². The number of carboxylic acids is 3. The molecule has 4 bridgehead atoms. The van der Waals surface area contributed by atoms with Crippen LogP contribution in [0.2, 0.25) is 0 Å². The molecule has 63 heavy (non-hydrogen) atoms. The van der Waals surface area contributed by atoms with Crippen molar-refractivity contribution >= 4 is 36.3 Å². The van der Waals surface area contributed by atoms with E-state index in [4.69, 9.17) is 14.2 Å². The van der Waals surface area contributed by atoms with Crippen LogP contribution >= 0.6 is 0 Å². The number of carbonyl (C=O) groups is 6. The van der Waals surface area contributed by atoms with Gasteiger partial charge in [-0.1, -0.05) is 77.7 Å². The number of hydrogen-bond donors (Lipinski definition) is 3. The van der Waals surface area contributed by atoms with Crippen LogP contribution in [-0.2, 0) is 43.0 Å². The predicted molar refractivity (Wildman–Crippen MR) is 226 cm³/mol. The van der Waals surface area contributed by atoms with Crippen molar-refractivity contribution in [1.82, 2.24) is 0 Å². The molecule has 12 nitrogen and oxygen atoms in total. The van der Waals surface area contributed by atoms with Crippen molar-refractivity contribution in [2.24, 2.45) is 108 Å². The second kappa shape index (κ2) is 13.2. The molecule has 3 N–H and O–H groups in total. The van der Waals surface area contributed by atoms with E-state index >= 15 is 0 Å². The molecular weight excluding hydrogens is 805 g/mol. The van der Waals surface area contributed by atoms with Gasteiger partial charge in [0.2, 0.25) is 6.79 Å². The molecule has 12 aliphatic carbocycles. The standard InChI is InChI=1S/C51H68O12/c1-25(2)27-21-48-17-11-31-44(5,13-9-15-46(31,7)40(54)55)33(48)19-29(27)50(42(58)59)35(36(48)50)39(53)62-24-63-43(60)51-30-20-34-45(6)14-10-16-47(8,41(56)57)32(45)12-18-49(34,22-28(30)26(3)4)37(51)38(51)61-23-52/h21-23,25-26,29-38H,9-20,24H2,1-8H3,(H,54,55)(H,56,57)(H,58,59). The van der Waals surface area contributed by atoms with Gasteiger partial charge in [-0.2, -0.15) is 0 Å². The molecule has 0 aromatic heterocycles. The summed E-state index contributed by atoms with van der Waals surface area (Å²) in [6.45, 7) is 16.4. The molecule has 18 atom stereocenters. The highest BCUT2D eigenvalue weighted by molar-refractivity contribution is 5.94. The van der Waals surface area contributed by atoms with E-state index in [1.165, 1.54) is 0 Å². The van der Waals surface area contributed by atoms with Crippen molar-refractivity contribution in [3.63, 3.8) is 0 Å². The number of esters is 2. The Bertz CT molecular complexity index is 2160. The van der Waals surface area contributed by atoms with E-state index in [-0.39, 0.29) is 58.2 Å². The fourth-order valence-corrected chi connectivity index (χ4v) is 19.6. The Morgan fingerprint density at radius 2 is 1.13 bits per heavy atom. The lowest BCUT2D eigenvalue weighted by Gasteiger charge is -2.67. The van der Waals surface area contributed by atoms with E-state index in [0.717, 1.165) is 36.8 Å². The first-order chi connectivity index (χ1) is 29.6. The van der Waals surface area contributed by atoms with Crippen LogP contribution in [0.3, 0.4) is 0 Å². The molecule has 2 spiro atoms. The summed E-state index contributed by atoms with van der Waals surface area (Å²) < 4.78 is 17.8. The van der Waals surface area contributed by atoms with Crippen molar-refractivity contribution in [1.29, 1.82) is 0 Å². The normalized spacial score (nSPS) is 51.4. The van der Waals surface area contributed by atoms with Crippen LogP contribution in [0.25, 0.3) is 0 Å². The van der Waals surface area contributed by atoms with Crippen LogP contribution in [0.1, 0.15) is 132 Å². The van der Waals surface area contributed by atoms with Crippen LogP contribution in [0, 0.1) is 108 Å². The zero-order chi connectivity index (χ0) is 45.4. The molecule has 12 heteroatoms. The maximum Gasteiger partial charge on any atom is 0.319 e. The van der Waals surface area contributed by atoms with Gasteiger partial charge in [0.25, 0.3) is 6.47 Å². The average molecular weight is 873 g/mol. The molecule has 0 saturated heterocycles. The minimum absolute atomic E-state index is 0.0147. The van der Waals surface area contributed by atoms with Crippen molar-refractivity contribution in [2.45, 2.75) is 139 Å². The molecule has 0 radical (unpaired) electrons. The van der Waals surface area contributed by atoms with E-state index in [1.54, 1.807) is 0 Å². The van der Waals surface area contributed by atoms with Gasteiger partial charge in [0.15, 0.2) is 0 Å². The molecule has 0 heterocycles. The number of aliphatic carboxylic acids is 3. The highest BCUT2D eigenvalue weighted by Gasteiger charge is 2.90. The Hall–Kier alpha value is -3.70. The van der Waals surface area contributed by atoms with E-state index in [1.807, 2.05) is 13.8 Å². The molecule has 344 valence electrons. The Morgan fingerprint density at radius 1 is 0.651 bits per heavy atom. The van der Waals surface area contributed by atoms with Crippen molar-refractivity contribution in [3.8, 4) is 0 Å². The third-order valence-electron chi connectivity index (χ3n) is 21.8. The molecule has 0 amide bonds. The predicted octanol–water partition coefficient (Wildman–Crippen LogP) is 8.32. The number of allylic oxidation sites excluding steroid dienone is 4. The molecule has 8 fully saturated rings. The van der Waals surface area contributed by atoms with Crippen LogP contribution < -0.4 is 0 Å². The SMILES string of the molecule is CC(C)C1=CC23CCC4C(C)(C(=O)O)CCCC4(C)C2CC1C1(C(=O)OCOC(=O)C2C4C56C=C(C(C)C)C(CC5C5(C)CCCC(C)(C(=O)O)C5CC6)C24C(=O)O)C(OC=O)C31. The summed E-state index contributed by atoms with van der Waals surface area (Å²) in [6.07, 6.45) is 12.3. The monoisotopic (exact) mass is 872 g/mol. The smallest absolute Gasteiger partial charge is 0.319 e. The fraction of sp³-hybridized carbons (Fsp3) is 0.804. The first-order valence-corrected chi connectivity index (χ1v) is 24.1. The Kier molecular flexibility index (Phi) is 9.07. The molecule has 12 aliphatic rings. The lowest BCUT2D eigenvalue weighted by Crippen LogP contribution is -2.62. The van der Waals surface area contributed by atoms with Crippen LogP contribution in [-0.4, -0.2) is 64.5 Å². The van der Waals surface area contributed by atoms with Gasteiger partial charge in [-0.3, -0.25) is 28.8 Å². The summed E-state index contributed by atoms with van der Waals surface area (Å²) >= 11 is 0. The largest absolute Gasteiger partial charge is 0.481 e. The lowest BCUT2D eigenvalue weighted by molar-refractivity contribution is -0.194. The maximum absolute atomic E-state index is 14.9. The molecule has 0 aliphatic heterocycles. The number of carboxylic acid groups (broad SMARTS) is 3. The highest BCUT2D eigenvalue weighted by atomic mass is 16.7. The van der Waals surface area contributed by atoms with Crippen molar-refractivity contribution in [3.05, 3.63) is 23.3 Å². The molecule has 18 unspecified atom stereocenters. The topological polar surface area (TPSA) is 191 Å². The third-order valence-corrected chi connectivity index (χ3v) is 21.8. The van der Waals surface area contributed by atoms with Gasteiger partial charge in [-0.05, 0) is 141 Å². The van der Waals surface area contributed by atoms with Crippen LogP contribution in [0.15, 0.2) is 23.3 Å². The summed E-state index contributed by atoms with van der Waals surface area (Å²) in [6, 6.07) is 0. The summed E-state index contributed by atoms with van der Waals surface area (Å²) in [5, 5.41) is 32.3. The Morgan fingerprint density at radius 3 is 1.57 bits per heavy atom. The van der Waals surface area contributed by atoms with E-state index in [2.05, 4.69) is 53.7 Å². The molecular formula is C51H68O12. The molecule has 0 aromatic rings. The maximum atomic E-state index is 14.9. The fourth-order valence-electron chi connectivity index (χ4n) is 19.6. The lowest BCUT2D eigenvalue weighted by atomic mass is 9.36. The number of hydrogen-bond acceptors (Lipinski definition) is 9. The van der Waals surface area contributed by atoms with Crippen LogP contribution in [0.5, 0.6) is 0 Å². The highest BCUT2D eigenvalue weighted by Crippen LogP contribution is 2.87. The molecule has 0 aromatic carbocycles. The van der Waals surface area contributed by atoms with E-state index in [9.17, 15) is 44.1 Å². The third kappa shape index (κ3) is 4.84. The minimum Gasteiger partial charge on any atom is -0.481 e. The number of carbonyl (C=O) groups excluding carboxylic acids is 3. The summed E-state index contributed by atoms with van der Waals surface area (Å²) in [5.74, 6) is -6.23. The van der Waals surface area contributed by atoms with Gasteiger partial charge in [0, 0.05) is 17.8 Å². The molecule has 8 saturated carbocycles. The number of ether oxygens (including phenoxy) is 3. The first-order valence-electron chi connectivity index (χ1n) is 24.1. The molecule has 12 rings (SSSR count). The van der Waals surface area contributed by atoms with Crippen molar-refractivity contribution < 1.29 is 58.3 Å². The second-order valence-electron chi connectivity index (χ2n) is 24.1. The average Bonchev–Trinajstić information content (AvgIpc) is 4.13. The van der Waals surface area contributed by atoms with Gasteiger partial charge in [-0.15, -0.1) is 0 Å².